The Bertz CT molecular complexity index is 886. The largest absolute Gasteiger partial charge is 0.339 e. The molecule has 0 saturated heterocycles. The maximum Gasteiger partial charge on any atom is 0.323 e. The fourth-order valence-corrected chi connectivity index (χ4v) is 2.39. The van der Waals surface area contributed by atoms with Gasteiger partial charge in [0.1, 0.15) is 0 Å². The van der Waals surface area contributed by atoms with E-state index < -0.39 is 0 Å². The summed E-state index contributed by atoms with van der Waals surface area (Å²) in [5.41, 5.74) is 4.37. The number of carbonyl (C=O) groups is 1. The van der Waals surface area contributed by atoms with Gasteiger partial charge in [-0.3, -0.25) is 0 Å². The maximum atomic E-state index is 12.2. The molecule has 0 unspecified atom stereocenters. The van der Waals surface area contributed by atoms with E-state index in [9.17, 15) is 4.79 Å². The van der Waals surface area contributed by atoms with E-state index in [4.69, 9.17) is 4.52 Å². The summed E-state index contributed by atoms with van der Waals surface area (Å²) in [5, 5.41) is 9.54. The van der Waals surface area contributed by atoms with E-state index in [1.54, 1.807) is 19.1 Å². The van der Waals surface area contributed by atoms with Gasteiger partial charge in [-0.1, -0.05) is 35.0 Å². The SMILES string of the molecule is Cc1ccc(NC(=O)Nc2cccc(-c3noc(C)n3)c2)c(C)c1. The van der Waals surface area contributed by atoms with Gasteiger partial charge < -0.3 is 15.2 Å². The Kier molecular flexibility index (Phi) is 4.29. The minimum Gasteiger partial charge on any atom is -0.339 e. The second kappa shape index (κ2) is 6.54. The Labute approximate surface area is 139 Å². The molecular formula is C18H18N4O2. The normalized spacial score (nSPS) is 10.5. The summed E-state index contributed by atoms with van der Waals surface area (Å²) in [5.74, 6) is 0.988. The second-order valence-electron chi connectivity index (χ2n) is 5.62. The topological polar surface area (TPSA) is 80.0 Å². The van der Waals surface area contributed by atoms with Gasteiger partial charge in [-0.05, 0) is 37.6 Å². The summed E-state index contributed by atoms with van der Waals surface area (Å²) in [6.07, 6.45) is 0. The quantitative estimate of drug-likeness (QED) is 0.753. The van der Waals surface area contributed by atoms with E-state index >= 15 is 0 Å². The fourth-order valence-electron chi connectivity index (χ4n) is 2.39. The monoisotopic (exact) mass is 322 g/mol. The number of benzene rings is 2. The Balaban J connectivity index is 1.72. The number of carbonyl (C=O) groups excluding carboxylic acids is 1. The summed E-state index contributed by atoms with van der Waals surface area (Å²) in [6, 6.07) is 12.9. The van der Waals surface area contributed by atoms with E-state index in [1.165, 1.54) is 0 Å². The standard InChI is InChI=1S/C18H18N4O2/c1-11-7-8-16(12(2)9-11)21-18(23)20-15-6-4-5-14(10-15)17-19-13(3)24-22-17/h4-10H,1-3H3,(H2,20,21,23). The van der Waals surface area contributed by atoms with Crippen molar-refractivity contribution in [3.63, 3.8) is 0 Å². The van der Waals surface area contributed by atoms with Gasteiger partial charge in [-0.2, -0.15) is 4.98 Å². The number of nitrogens with zero attached hydrogens (tertiary/aromatic N) is 2. The van der Waals surface area contributed by atoms with E-state index in [-0.39, 0.29) is 6.03 Å². The molecule has 0 aliphatic rings. The minimum absolute atomic E-state index is 0.302. The van der Waals surface area contributed by atoms with Gasteiger partial charge in [0, 0.05) is 23.9 Å². The predicted molar refractivity (Wildman–Crippen MR) is 93.0 cm³/mol. The Morgan fingerprint density at radius 1 is 1.04 bits per heavy atom. The first-order valence-corrected chi connectivity index (χ1v) is 7.57. The third-order valence-electron chi connectivity index (χ3n) is 3.54. The smallest absolute Gasteiger partial charge is 0.323 e. The predicted octanol–water partition coefficient (Wildman–Crippen LogP) is 4.31. The number of aryl methyl sites for hydroxylation is 3. The van der Waals surface area contributed by atoms with Crippen LogP contribution in [0.25, 0.3) is 11.4 Å². The number of aromatic nitrogens is 2. The lowest BCUT2D eigenvalue weighted by molar-refractivity contribution is 0.262. The molecule has 122 valence electrons. The number of rotatable bonds is 3. The molecule has 2 amide bonds. The van der Waals surface area contributed by atoms with Crippen molar-refractivity contribution in [2.24, 2.45) is 0 Å². The first-order chi connectivity index (χ1) is 11.5. The van der Waals surface area contributed by atoms with Crippen LogP contribution in [0.15, 0.2) is 47.0 Å². The molecule has 0 aliphatic heterocycles. The van der Waals surface area contributed by atoms with E-state index in [1.807, 2.05) is 44.2 Å². The van der Waals surface area contributed by atoms with E-state index in [2.05, 4.69) is 20.8 Å². The molecule has 0 fully saturated rings. The molecule has 3 aromatic rings. The lowest BCUT2D eigenvalue weighted by Gasteiger charge is -2.11. The number of nitrogens with one attached hydrogen (secondary N) is 2. The molecular weight excluding hydrogens is 304 g/mol. The zero-order valence-electron chi connectivity index (χ0n) is 13.8. The van der Waals surface area contributed by atoms with Crippen LogP contribution in [0, 0.1) is 20.8 Å². The Hall–Kier alpha value is -3.15. The molecule has 6 heteroatoms. The van der Waals surface area contributed by atoms with Crippen molar-refractivity contribution in [1.29, 1.82) is 0 Å². The minimum atomic E-state index is -0.302. The summed E-state index contributed by atoms with van der Waals surface area (Å²) in [7, 11) is 0. The van der Waals surface area contributed by atoms with Crippen LogP contribution in [0.5, 0.6) is 0 Å². The highest BCUT2D eigenvalue weighted by atomic mass is 16.5. The van der Waals surface area contributed by atoms with Crippen molar-refractivity contribution >= 4 is 17.4 Å². The van der Waals surface area contributed by atoms with Gasteiger partial charge in [0.25, 0.3) is 0 Å². The zero-order valence-corrected chi connectivity index (χ0v) is 13.8. The number of hydrogen-bond acceptors (Lipinski definition) is 4. The van der Waals surface area contributed by atoms with Gasteiger partial charge in [0.05, 0.1) is 0 Å². The van der Waals surface area contributed by atoms with Crippen LogP contribution in [-0.4, -0.2) is 16.2 Å². The van der Waals surface area contributed by atoms with Crippen molar-refractivity contribution in [2.45, 2.75) is 20.8 Å². The summed E-state index contributed by atoms with van der Waals surface area (Å²) >= 11 is 0. The third-order valence-corrected chi connectivity index (χ3v) is 3.54. The number of amides is 2. The zero-order chi connectivity index (χ0) is 17.1. The summed E-state index contributed by atoms with van der Waals surface area (Å²) in [4.78, 5) is 16.4. The highest BCUT2D eigenvalue weighted by Gasteiger charge is 2.09. The fraction of sp³-hybridized carbons (Fsp3) is 0.167. The van der Waals surface area contributed by atoms with E-state index in [0.717, 1.165) is 22.4 Å². The molecule has 0 radical (unpaired) electrons. The van der Waals surface area contributed by atoms with Crippen LogP contribution in [-0.2, 0) is 0 Å². The number of hydrogen-bond donors (Lipinski definition) is 2. The van der Waals surface area contributed by atoms with Gasteiger partial charge in [-0.25, -0.2) is 4.79 Å². The molecule has 2 aromatic carbocycles. The molecule has 0 aliphatic carbocycles. The molecule has 0 spiro atoms. The third kappa shape index (κ3) is 3.60. The van der Waals surface area contributed by atoms with Crippen molar-refractivity contribution < 1.29 is 9.32 Å². The Morgan fingerprint density at radius 3 is 2.58 bits per heavy atom. The lowest BCUT2D eigenvalue weighted by atomic mass is 10.1. The van der Waals surface area contributed by atoms with E-state index in [0.29, 0.717) is 17.4 Å². The lowest BCUT2D eigenvalue weighted by Crippen LogP contribution is -2.20. The molecule has 0 saturated carbocycles. The van der Waals surface area contributed by atoms with Gasteiger partial charge in [-0.15, -0.1) is 0 Å². The first kappa shape index (κ1) is 15.7. The van der Waals surface area contributed by atoms with Crippen LogP contribution < -0.4 is 10.6 Å². The summed E-state index contributed by atoms with van der Waals surface area (Å²) in [6.45, 7) is 5.71. The van der Waals surface area contributed by atoms with Gasteiger partial charge >= 0.3 is 6.03 Å². The first-order valence-electron chi connectivity index (χ1n) is 7.57. The van der Waals surface area contributed by atoms with Gasteiger partial charge in [0.2, 0.25) is 11.7 Å². The Morgan fingerprint density at radius 2 is 1.88 bits per heavy atom. The second-order valence-corrected chi connectivity index (χ2v) is 5.62. The highest BCUT2D eigenvalue weighted by molar-refractivity contribution is 6.00. The molecule has 2 N–H and O–H groups in total. The molecule has 3 rings (SSSR count). The van der Waals surface area contributed by atoms with Crippen LogP contribution in [0.1, 0.15) is 17.0 Å². The molecule has 0 bridgehead atoms. The maximum absolute atomic E-state index is 12.2. The van der Waals surface area contributed by atoms with Crippen LogP contribution >= 0.6 is 0 Å². The van der Waals surface area contributed by atoms with Crippen LogP contribution in [0.2, 0.25) is 0 Å². The molecule has 1 aromatic heterocycles. The molecule has 24 heavy (non-hydrogen) atoms. The molecule has 1 heterocycles. The average molecular weight is 322 g/mol. The van der Waals surface area contributed by atoms with Gasteiger partial charge in [0.15, 0.2) is 0 Å². The number of anilines is 2. The molecule has 6 nitrogen and oxygen atoms in total. The van der Waals surface area contributed by atoms with Crippen molar-refractivity contribution in [3.05, 3.63) is 59.5 Å². The van der Waals surface area contributed by atoms with Crippen molar-refractivity contribution in [2.75, 3.05) is 10.6 Å². The molecule has 0 atom stereocenters. The van der Waals surface area contributed by atoms with Crippen molar-refractivity contribution in [3.8, 4) is 11.4 Å². The highest BCUT2D eigenvalue weighted by Crippen LogP contribution is 2.21. The summed E-state index contributed by atoms with van der Waals surface area (Å²) < 4.78 is 4.98. The van der Waals surface area contributed by atoms with Crippen molar-refractivity contribution in [1.82, 2.24) is 10.1 Å². The van der Waals surface area contributed by atoms with Crippen LogP contribution in [0.4, 0.5) is 16.2 Å². The average Bonchev–Trinajstić information content (AvgIpc) is 2.97. The van der Waals surface area contributed by atoms with Crippen LogP contribution in [0.3, 0.4) is 0 Å². The number of urea groups is 1.